The van der Waals surface area contributed by atoms with Gasteiger partial charge in [0.25, 0.3) is 0 Å². The summed E-state index contributed by atoms with van der Waals surface area (Å²) in [6.45, 7) is 11.9. The van der Waals surface area contributed by atoms with Gasteiger partial charge in [0.1, 0.15) is 5.82 Å². The lowest BCUT2D eigenvalue weighted by atomic mass is 9.61. The summed E-state index contributed by atoms with van der Waals surface area (Å²) in [5, 5.41) is 0. The summed E-state index contributed by atoms with van der Waals surface area (Å²) >= 11 is 0. The highest BCUT2D eigenvalue weighted by atomic mass is 19.1. The fraction of sp³-hybridized carbons (Fsp3) is 0.400. The minimum atomic E-state index is -0.628. The van der Waals surface area contributed by atoms with Crippen molar-refractivity contribution >= 4 is 17.3 Å². The Bertz CT molecular complexity index is 840. The van der Waals surface area contributed by atoms with Gasteiger partial charge in [-0.15, -0.1) is 0 Å². The monoisotopic (exact) mass is 326 g/mol. The maximum absolute atomic E-state index is 13.9. The molecule has 0 radical (unpaired) electrons. The summed E-state index contributed by atoms with van der Waals surface area (Å²) in [6, 6.07) is 6.63. The zero-order chi connectivity index (χ0) is 17.9. The minimum Gasteiger partial charge on any atom is -0.279 e. The fourth-order valence-electron chi connectivity index (χ4n) is 3.22. The molecule has 24 heavy (non-hydrogen) atoms. The third kappa shape index (κ3) is 2.16. The summed E-state index contributed by atoms with van der Waals surface area (Å²) < 4.78 is 13.9. The highest BCUT2D eigenvalue weighted by molar-refractivity contribution is 6.07. The first-order chi connectivity index (χ1) is 11.1. The highest BCUT2D eigenvalue weighted by Crippen LogP contribution is 2.52. The van der Waals surface area contributed by atoms with E-state index < -0.39 is 10.8 Å². The van der Waals surface area contributed by atoms with Crippen molar-refractivity contribution in [2.75, 3.05) is 4.90 Å². The van der Waals surface area contributed by atoms with Crippen molar-refractivity contribution in [3.8, 4) is 0 Å². The molecular weight excluding hydrogens is 303 g/mol. The van der Waals surface area contributed by atoms with Gasteiger partial charge in [-0.05, 0) is 43.2 Å². The van der Waals surface area contributed by atoms with Crippen LogP contribution in [0.1, 0.15) is 44.5 Å². The Morgan fingerprint density at radius 1 is 1.04 bits per heavy atom. The van der Waals surface area contributed by atoms with Crippen LogP contribution < -0.4 is 4.90 Å². The second-order valence-corrected chi connectivity index (χ2v) is 7.65. The molecule has 0 saturated carbocycles. The molecule has 0 unspecified atom stereocenters. The molecule has 2 heterocycles. The zero-order valence-electron chi connectivity index (χ0n) is 15.1. The van der Waals surface area contributed by atoms with Gasteiger partial charge in [-0.1, -0.05) is 33.8 Å². The second kappa shape index (κ2) is 5.13. The van der Waals surface area contributed by atoms with Gasteiger partial charge in [-0.25, -0.2) is 4.39 Å². The standard InChI is InChI=1S/C20H23FN2O/c1-12-9-15(11-22-13(12)2)23-17-10-14(21)7-8-16(17)19(3,4)20(5,6)18(23)24/h7-11H,1-6H3. The number of hydrogen-bond donors (Lipinski definition) is 0. The fourth-order valence-corrected chi connectivity index (χ4v) is 3.22. The van der Waals surface area contributed by atoms with Crippen LogP contribution >= 0.6 is 0 Å². The van der Waals surface area contributed by atoms with Gasteiger partial charge in [0.2, 0.25) is 5.91 Å². The van der Waals surface area contributed by atoms with E-state index in [-0.39, 0.29) is 11.7 Å². The number of benzene rings is 1. The summed E-state index contributed by atoms with van der Waals surface area (Å²) in [4.78, 5) is 19.3. The number of halogens is 1. The molecule has 1 amide bonds. The molecule has 1 aliphatic rings. The maximum Gasteiger partial charge on any atom is 0.238 e. The lowest BCUT2D eigenvalue weighted by molar-refractivity contribution is -0.129. The van der Waals surface area contributed by atoms with Crippen molar-refractivity contribution in [2.24, 2.45) is 5.41 Å². The van der Waals surface area contributed by atoms with Crippen LogP contribution in [0.3, 0.4) is 0 Å². The van der Waals surface area contributed by atoms with Gasteiger partial charge in [-0.3, -0.25) is 14.7 Å². The average Bonchev–Trinajstić information content (AvgIpc) is 2.49. The molecule has 1 aromatic carbocycles. The van der Waals surface area contributed by atoms with Crippen molar-refractivity contribution in [2.45, 2.75) is 47.0 Å². The summed E-state index contributed by atoms with van der Waals surface area (Å²) in [5.74, 6) is -0.394. The van der Waals surface area contributed by atoms with Gasteiger partial charge >= 0.3 is 0 Å². The lowest BCUT2D eigenvalue weighted by Gasteiger charge is -2.49. The van der Waals surface area contributed by atoms with E-state index in [9.17, 15) is 9.18 Å². The Morgan fingerprint density at radius 3 is 2.33 bits per heavy atom. The van der Waals surface area contributed by atoms with E-state index in [0.717, 1.165) is 16.8 Å². The molecule has 0 fully saturated rings. The van der Waals surface area contributed by atoms with E-state index in [4.69, 9.17) is 0 Å². The van der Waals surface area contributed by atoms with Crippen LogP contribution in [0.15, 0.2) is 30.5 Å². The molecular formula is C20H23FN2O. The number of aromatic nitrogens is 1. The molecule has 0 aliphatic carbocycles. The topological polar surface area (TPSA) is 33.2 Å². The summed E-state index contributed by atoms with van der Waals surface area (Å²) in [6.07, 6.45) is 1.68. The molecule has 0 saturated heterocycles. The van der Waals surface area contributed by atoms with E-state index in [2.05, 4.69) is 4.98 Å². The molecule has 126 valence electrons. The third-order valence-corrected chi connectivity index (χ3v) is 5.76. The first kappa shape index (κ1) is 16.6. The molecule has 1 aliphatic heterocycles. The number of carbonyl (C=O) groups excluding carboxylic acids is 1. The minimum absolute atomic E-state index is 0.0457. The van der Waals surface area contributed by atoms with E-state index in [1.807, 2.05) is 47.6 Å². The van der Waals surface area contributed by atoms with E-state index in [1.54, 1.807) is 17.2 Å². The van der Waals surface area contributed by atoms with Gasteiger partial charge < -0.3 is 0 Å². The SMILES string of the molecule is Cc1cc(N2C(=O)C(C)(C)C(C)(C)c3ccc(F)cc32)cnc1C. The summed E-state index contributed by atoms with van der Waals surface area (Å²) in [5.41, 5.74) is 3.13. The molecule has 0 atom stereocenters. The van der Waals surface area contributed by atoms with Crippen LogP contribution in [0.4, 0.5) is 15.8 Å². The number of hydrogen-bond acceptors (Lipinski definition) is 2. The quantitative estimate of drug-likeness (QED) is 0.753. The van der Waals surface area contributed by atoms with E-state index >= 15 is 0 Å². The largest absolute Gasteiger partial charge is 0.279 e. The van der Waals surface area contributed by atoms with Gasteiger partial charge in [-0.2, -0.15) is 0 Å². The van der Waals surface area contributed by atoms with E-state index in [0.29, 0.717) is 11.4 Å². The number of fused-ring (bicyclic) bond motifs is 1. The number of rotatable bonds is 1. The van der Waals surface area contributed by atoms with Gasteiger partial charge in [0.05, 0.1) is 23.0 Å². The second-order valence-electron chi connectivity index (χ2n) is 7.65. The predicted octanol–water partition coefficient (Wildman–Crippen LogP) is 4.82. The summed E-state index contributed by atoms with van der Waals surface area (Å²) in [7, 11) is 0. The highest BCUT2D eigenvalue weighted by Gasteiger charge is 2.52. The number of nitrogens with zero attached hydrogens (tertiary/aromatic N) is 2. The van der Waals surface area contributed by atoms with Crippen LogP contribution in [0.5, 0.6) is 0 Å². The normalized spacial score (nSPS) is 18.5. The molecule has 4 heteroatoms. The molecule has 3 nitrogen and oxygen atoms in total. The van der Waals surface area contributed by atoms with Crippen LogP contribution in [0.25, 0.3) is 0 Å². The molecule has 0 N–H and O–H groups in total. The Kier molecular flexibility index (Phi) is 3.55. The zero-order valence-corrected chi connectivity index (χ0v) is 15.1. The Hall–Kier alpha value is -2.23. The van der Waals surface area contributed by atoms with Crippen LogP contribution in [0, 0.1) is 25.1 Å². The van der Waals surface area contributed by atoms with Crippen molar-refractivity contribution in [1.82, 2.24) is 4.98 Å². The van der Waals surface area contributed by atoms with Gasteiger partial charge in [0, 0.05) is 11.1 Å². The molecule has 2 aromatic rings. The number of anilines is 2. The van der Waals surface area contributed by atoms with Crippen LogP contribution in [0.2, 0.25) is 0 Å². The third-order valence-electron chi connectivity index (χ3n) is 5.76. The Morgan fingerprint density at radius 2 is 1.71 bits per heavy atom. The van der Waals surface area contributed by atoms with Crippen LogP contribution in [-0.2, 0) is 10.2 Å². The van der Waals surface area contributed by atoms with Crippen molar-refractivity contribution in [1.29, 1.82) is 0 Å². The first-order valence-electron chi connectivity index (χ1n) is 8.15. The number of amides is 1. The molecule has 0 bridgehead atoms. The Balaban J connectivity index is 2.31. The first-order valence-corrected chi connectivity index (χ1v) is 8.15. The predicted molar refractivity (Wildman–Crippen MR) is 94.1 cm³/mol. The van der Waals surface area contributed by atoms with E-state index in [1.165, 1.54) is 12.1 Å². The van der Waals surface area contributed by atoms with Gasteiger partial charge in [0.15, 0.2) is 0 Å². The van der Waals surface area contributed by atoms with Crippen molar-refractivity contribution < 1.29 is 9.18 Å². The molecule has 0 spiro atoms. The smallest absolute Gasteiger partial charge is 0.238 e. The number of pyridine rings is 1. The van der Waals surface area contributed by atoms with Crippen LogP contribution in [-0.4, -0.2) is 10.9 Å². The van der Waals surface area contributed by atoms with Crippen molar-refractivity contribution in [3.63, 3.8) is 0 Å². The number of carbonyl (C=O) groups is 1. The molecule has 1 aromatic heterocycles. The van der Waals surface area contributed by atoms with Crippen molar-refractivity contribution in [3.05, 3.63) is 53.1 Å². The number of aryl methyl sites for hydroxylation is 2. The average molecular weight is 326 g/mol. The molecule has 3 rings (SSSR count). The lowest BCUT2D eigenvalue weighted by Crippen LogP contribution is -2.53. The maximum atomic E-state index is 13.9. The Labute approximate surface area is 142 Å².